The van der Waals surface area contributed by atoms with Crippen LogP contribution in [0, 0.1) is 16.7 Å². The Morgan fingerprint density at radius 3 is 2.58 bits per heavy atom. The summed E-state index contributed by atoms with van der Waals surface area (Å²) in [5.74, 6) is 0. The van der Waals surface area contributed by atoms with Crippen LogP contribution in [0.1, 0.15) is 49.1 Å². The van der Waals surface area contributed by atoms with Gasteiger partial charge in [0, 0.05) is 23.4 Å². The Labute approximate surface area is 209 Å². The summed E-state index contributed by atoms with van der Waals surface area (Å²) in [6.07, 6.45) is 2.76. The Morgan fingerprint density at radius 1 is 1.25 bits per heavy atom. The van der Waals surface area contributed by atoms with Crippen molar-refractivity contribution in [2.24, 2.45) is 12.5 Å². The van der Waals surface area contributed by atoms with Gasteiger partial charge in [-0.15, -0.1) is 10.2 Å². The molecule has 0 radical (unpaired) electrons. The third-order valence-electron chi connectivity index (χ3n) is 7.21. The molecule has 9 nitrogen and oxygen atoms in total. The maximum absolute atomic E-state index is 13.4. The Morgan fingerprint density at radius 2 is 2.03 bits per heavy atom. The van der Waals surface area contributed by atoms with E-state index in [0.29, 0.717) is 29.3 Å². The van der Waals surface area contributed by atoms with Gasteiger partial charge in [-0.3, -0.25) is 4.68 Å². The van der Waals surface area contributed by atoms with Crippen molar-refractivity contribution in [2.45, 2.75) is 49.0 Å². The first-order valence-corrected chi connectivity index (χ1v) is 13.8. The number of hydrogen-bond acceptors (Lipinski definition) is 8. The predicted octanol–water partition coefficient (Wildman–Crippen LogP) is 3.95. The number of fused-ring (bicyclic) bond motifs is 1. The lowest BCUT2D eigenvalue weighted by Crippen LogP contribution is -2.43. The van der Waals surface area contributed by atoms with Gasteiger partial charge in [0.25, 0.3) is 6.43 Å². The van der Waals surface area contributed by atoms with E-state index >= 15 is 0 Å². The lowest BCUT2D eigenvalue weighted by atomic mass is 9.72. The highest BCUT2D eigenvalue weighted by molar-refractivity contribution is 7.89. The van der Waals surface area contributed by atoms with Gasteiger partial charge < -0.3 is 4.74 Å². The summed E-state index contributed by atoms with van der Waals surface area (Å²) < 4.78 is 62.7. The van der Waals surface area contributed by atoms with Crippen LogP contribution in [0.3, 0.4) is 0 Å². The van der Waals surface area contributed by atoms with Crippen LogP contribution >= 0.6 is 11.3 Å². The molecule has 13 heteroatoms. The number of nitrogens with one attached hydrogen (secondary N) is 1. The van der Waals surface area contributed by atoms with Gasteiger partial charge in [0.2, 0.25) is 10.0 Å². The molecule has 2 aliphatic carbocycles. The second-order valence-electron chi connectivity index (χ2n) is 9.81. The molecular formula is C23H22F2N6O3S2. The lowest BCUT2D eigenvalue weighted by Gasteiger charge is -2.43. The largest absolute Gasteiger partial charge is 0.380 e. The van der Waals surface area contributed by atoms with Crippen LogP contribution in [0.15, 0.2) is 23.1 Å². The number of ether oxygens (including phenoxy) is 1. The van der Waals surface area contributed by atoms with Gasteiger partial charge in [-0.1, -0.05) is 17.4 Å². The van der Waals surface area contributed by atoms with Gasteiger partial charge >= 0.3 is 0 Å². The number of hydrogen-bond donors (Lipinski definition) is 1. The van der Waals surface area contributed by atoms with Gasteiger partial charge in [-0.25, -0.2) is 17.2 Å². The standard InChI is InChI=1S/C23H22F2N6O3S2/c1-31-18-15(13-2-4-22(5-3-13)11-34-12-22)8-14(36(32,33)30-23(10-26)6-7-23)9-16(18)17(29-31)20-27-28-21(35-20)19(24)25/h2,8-9,19,30H,3-7,11-12H2,1H3. The minimum Gasteiger partial charge on any atom is -0.380 e. The van der Waals surface area contributed by atoms with Gasteiger partial charge in [0.05, 0.1) is 29.7 Å². The topological polar surface area (TPSA) is 123 Å². The normalized spacial score (nSPS) is 20.4. The van der Waals surface area contributed by atoms with Crippen LogP contribution in [-0.2, 0) is 21.8 Å². The molecular weight excluding hydrogens is 510 g/mol. The van der Waals surface area contributed by atoms with E-state index in [9.17, 15) is 22.5 Å². The van der Waals surface area contributed by atoms with Crippen molar-refractivity contribution < 1.29 is 21.9 Å². The first-order valence-electron chi connectivity index (χ1n) is 11.5. The monoisotopic (exact) mass is 532 g/mol. The van der Waals surface area contributed by atoms with Crippen LogP contribution < -0.4 is 4.72 Å². The highest BCUT2D eigenvalue weighted by Crippen LogP contribution is 2.46. The summed E-state index contributed by atoms with van der Waals surface area (Å²) in [4.78, 5) is -0.00691. The summed E-state index contributed by atoms with van der Waals surface area (Å²) in [6, 6.07) is 5.15. The average molecular weight is 533 g/mol. The number of halogens is 2. The smallest absolute Gasteiger partial charge is 0.291 e. The number of rotatable bonds is 6. The van der Waals surface area contributed by atoms with Crippen LogP contribution in [0.5, 0.6) is 0 Å². The molecule has 1 aliphatic heterocycles. The minimum atomic E-state index is -4.04. The first-order chi connectivity index (χ1) is 17.1. The number of nitriles is 1. The van der Waals surface area contributed by atoms with E-state index in [2.05, 4.69) is 32.2 Å². The molecule has 0 bridgehead atoms. The third kappa shape index (κ3) is 3.83. The van der Waals surface area contributed by atoms with Crippen molar-refractivity contribution in [2.75, 3.05) is 13.2 Å². The molecule has 3 heterocycles. The molecule has 0 atom stereocenters. The van der Waals surface area contributed by atoms with E-state index in [-0.39, 0.29) is 21.0 Å². The van der Waals surface area contributed by atoms with Gasteiger partial charge in [-0.2, -0.15) is 15.1 Å². The first kappa shape index (κ1) is 23.6. The van der Waals surface area contributed by atoms with Crippen LogP contribution in [-0.4, -0.2) is 47.1 Å². The van der Waals surface area contributed by atoms with Gasteiger partial charge in [0.15, 0.2) is 10.0 Å². The summed E-state index contributed by atoms with van der Waals surface area (Å²) in [5.41, 5.74) is 1.75. The summed E-state index contributed by atoms with van der Waals surface area (Å²) in [7, 11) is -2.31. The summed E-state index contributed by atoms with van der Waals surface area (Å²) in [6.45, 7) is 1.44. The highest BCUT2D eigenvalue weighted by Gasteiger charge is 2.47. The van der Waals surface area contributed by atoms with E-state index in [4.69, 9.17) is 4.74 Å². The fourth-order valence-corrected chi connectivity index (χ4v) is 7.01. The van der Waals surface area contributed by atoms with Crippen molar-refractivity contribution in [3.8, 4) is 16.8 Å². The summed E-state index contributed by atoms with van der Waals surface area (Å²) >= 11 is 0.726. The van der Waals surface area contributed by atoms with E-state index in [0.717, 1.165) is 49.4 Å². The molecule has 0 unspecified atom stereocenters. The summed E-state index contributed by atoms with van der Waals surface area (Å²) in [5, 5.41) is 21.7. The van der Waals surface area contributed by atoms with Gasteiger partial charge in [-0.05, 0) is 49.8 Å². The average Bonchev–Trinajstić information content (AvgIpc) is 3.26. The van der Waals surface area contributed by atoms with Crippen molar-refractivity contribution in [3.63, 3.8) is 0 Å². The zero-order chi connectivity index (χ0) is 25.3. The number of sulfonamides is 1. The molecule has 36 heavy (non-hydrogen) atoms. The number of nitrogens with zero attached hydrogens (tertiary/aromatic N) is 5. The SMILES string of the molecule is Cn1nc(-c2nnc(C(F)F)s2)c2cc(S(=O)(=O)NC3(C#N)CC3)cc(C3=CCC4(CC3)COC4)c21. The molecule has 1 aromatic carbocycles. The molecule has 6 rings (SSSR count). The molecule has 0 amide bonds. The van der Waals surface area contributed by atoms with Crippen LogP contribution in [0.25, 0.3) is 27.2 Å². The molecule has 2 fully saturated rings. The maximum Gasteiger partial charge on any atom is 0.291 e. The quantitative estimate of drug-likeness (QED) is 0.510. The van der Waals surface area contributed by atoms with Crippen molar-refractivity contribution >= 4 is 37.8 Å². The number of benzene rings is 1. The number of allylic oxidation sites excluding steroid dienone is 2. The molecule has 1 spiro atoms. The molecule has 3 aromatic rings. The van der Waals surface area contributed by atoms with E-state index in [1.165, 1.54) is 6.07 Å². The second-order valence-corrected chi connectivity index (χ2v) is 12.5. The molecule has 1 saturated carbocycles. The lowest BCUT2D eigenvalue weighted by molar-refractivity contribution is -0.116. The van der Waals surface area contributed by atoms with Crippen LogP contribution in [0.2, 0.25) is 0 Å². The highest BCUT2D eigenvalue weighted by atomic mass is 32.2. The van der Waals surface area contributed by atoms with E-state index in [1.807, 2.05) is 0 Å². The number of aryl methyl sites for hydroxylation is 1. The van der Waals surface area contributed by atoms with Crippen molar-refractivity contribution in [3.05, 3.63) is 28.8 Å². The molecule has 1 saturated heterocycles. The Bertz CT molecular complexity index is 1560. The Hall–Kier alpha value is -2.79. The van der Waals surface area contributed by atoms with E-state index in [1.54, 1.807) is 17.8 Å². The Balaban J connectivity index is 1.53. The minimum absolute atomic E-state index is 0.00691. The van der Waals surface area contributed by atoms with Gasteiger partial charge in [0.1, 0.15) is 11.2 Å². The second kappa shape index (κ2) is 8.11. The van der Waals surface area contributed by atoms with E-state index < -0.39 is 27.0 Å². The third-order valence-corrected chi connectivity index (χ3v) is 9.67. The zero-order valence-corrected chi connectivity index (χ0v) is 20.9. The predicted molar refractivity (Wildman–Crippen MR) is 128 cm³/mol. The molecule has 2 aromatic heterocycles. The number of aromatic nitrogens is 4. The fourth-order valence-electron chi connectivity index (χ4n) is 4.89. The van der Waals surface area contributed by atoms with Crippen molar-refractivity contribution in [1.29, 1.82) is 5.26 Å². The fraction of sp³-hybridized carbons (Fsp3) is 0.478. The van der Waals surface area contributed by atoms with Crippen molar-refractivity contribution in [1.82, 2.24) is 24.7 Å². The molecule has 1 N–H and O–H groups in total. The maximum atomic E-state index is 13.4. The molecule has 188 valence electrons. The zero-order valence-electron chi connectivity index (χ0n) is 19.3. The van der Waals surface area contributed by atoms with Crippen LogP contribution in [0.4, 0.5) is 8.78 Å². The molecule has 3 aliphatic rings. The number of alkyl halides is 2. The Kier molecular flexibility index (Phi) is 5.31.